The standard InChI is InChI=1S/C23H30O/c1-22(2,3)19-12-7-17(8-13-19)9-16-21(24)18-10-14-20(15-11-18)23(4,5)6/h7-8,10-15H,9,16H2,1-6H3. The van der Waals surface area contributed by atoms with E-state index in [4.69, 9.17) is 0 Å². The summed E-state index contributed by atoms with van der Waals surface area (Å²) in [4.78, 5) is 12.4. The lowest BCUT2D eigenvalue weighted by Crippen LogP contribution is -2.11. The van der Waals surface area contributed by atoms with Crippen LogP contribution in [0.5, 0.6) is 0 Å². The molecule has 2 aromatic carbocycles. The first kappa shape index (κ1) is 18.4. The summed E-state index contributed by atoms with van der Waals surface area (Å²) in [6.07, 6.45) is 1.36. The number of carbonyl (C=O) groups excluding carboxylic acids is 1. The minimum atomic E-state index is 0.121. The van der Waals surface area contributed by atoms with E-state index in [1.165, 1.54) is 16.7 Å². The van der Waals surface area contributed by atoms with Crippen LogP contribution < -0.4 is 0 Å². The van der Waals surface area contributed by atoms with Gasteiger partial charge in [-0.2, -0.15) is 0 Å². The van der Waals surface area contributed by atoms with Crippen molar-refractivity contribution in [2.24, 2.45) is 0 Å². The molecule has 0 amide bonds. The van der Waals surface area contributed by atoms with Crippen LogP contribution in [-0.2, 0) is 17.3 Å². The van der Waals surface area contributed by atoms with Gasteiger partial charge in [0.15, 0.2) is 5.78 Å². The highest BCUT2D eigenvalue weighted by atomic mass is 16.1. The largest absolute Gasteiger partial charge is 0.294 e. The number of rotatable bonds is 4. The Hall–Kier alpha value is -1.89. The van der Waals surface area contributed by atoms with E-state index in [9.17, 15) is 4.79 Å². The van der Waals surface area contributed by atoms with Crippen molar-refractivity contribution in [2.75, 3.05) is 0 Å². The van der Waals surface area contributed by atoms with Crippen molar-refractivity contribution in [1.29, 1.82) is 0 Å². The molecule has 128 valence electrons. The van der Waals surface area contributed by atoms with Gasteiger partial charge in [-0.05, 0) is 33.9 Å². The number of Topliss-reactive ketones (excluding diaryl/α,β-unsaturated/α-hetero) is 1. The predicted octanol–water partition coefficient (Wildman–Crippen LogP) is 6.10. The first-order chi connectivity index (χ1) is 11.1. The first-order valence-corrected chi connectivity index (χ1v) is 8.80. The van der Waals surface area contributed by atoms with E-state index in [1.807, 2.05) is 12.1 Å². The summed E-state index contributed by atoms with van der Waals surface area (Å²) in [5.41, 5.74) is 4.92. The van der Waals surface area contributed by atoms with E-state index in [0.717, 1.165) is 12.0 Å². The van der Waals surface area contributed by atoms with Gasteiger partial charge in [-0.25, -0.2) is 0 Å². The molecular formula is C23H30O. The van der Waals surface area contributed by atoms with Crippen molar-refractivity contribution in [1.82, 2.24) is 0 Å². The van der Waals surface area contributed by atoms with Crippen LogP contribution in [0.1, 0.15) is 75.0 Å². The molecule has 0 bridgehead atoms. The maximum atomic E-state index is 12.4. The van der Waals surface area contributed by atoms with Crippen LogP contribution in [0.4, 0.5) is 0 Å². The Kier molecular flexibility index (Phi) is 5.32. The Bertz CT molecular complexity index is 677. The molecule has 1 nitrogen and oxygen atoms in total. The number of benzene rings is 2. The van der Waals surface area contributed by atoms with E-state index >= 15 is 0 Å². The molecule has 0 saturated heterocycles. The van der Waals surface area contributed by atoms with Crippen LogP contribution in [0.15, 0.2) is 48.5 Å². The number of aryl methyl sites for hydroxylation is 1. The smallest absolute Gasteiger partial charge is 0.163 e. The number of hydrogen-bond acceptors (Lipinski definition) is 1. The molecule has 0 saturated carbocycles. The van der Waals surface area contributed by atoms with Crippen LogP contribution in [0.25, 0.3) is 0 Å². The topological polar surface area (TPSA) is 17.1 Å². The molecule has 0 aliphatic heterocycles. The molecule has 0 radical (unpaired) electrons. The van der Waals surface area contributed by atoms with Gasteiger partial charge in [-0.3, -0.25) is 4.79 Å². The fourth-order valence-electron chi connectivity index (χ4n) is 2.73. The molecule has 0 heterocycles. The Labute approximate surface area is 147 Å². The average molecular weight is 322 g/mol. The van der Waals surface area contributed by atoms with E-state index in [-0.39, 0.29) is 16.6 Å². The Morgan fingerprint density at radius 3 is 1.54 bits per heavy atom. The fourth-order valence-corrected chi connectivity index (χ4v) is 2.73. The van der Waals surface area contributed by atoms with Gasteiger partial charge in [-0.15, -0.1) is 0 Å². The quantitative estimate of drug-likeness (QED) is 0.622. The average Bonchev–Trinajstić information content (AvgIpc) is 2.51. The summed E-state index contributed by atoms with van der Waals surface area (Å²) in [7, 11) is 0. The van der Waals surface area contributed by atoms with Gasteiger partial charge in [-0.1, -0.05) is 90.1 Å². The summed E-state index contributed by atoms with van der Waals surface area (Å²) in [5, 5.41) is 0. The van der Waals surface area contributed by atoms with Gasteiger partial charge in [0.25, 0.3) is 0 Å². The third kappa shape index (κ3) is 4.80. The maximum Gasteiger partial charge on any atom is 0.163 e. The van der Waals surface area contributed by atoms with Gasteiger partial charge in [0, 0.05) is 12.0 Å². The molecule has 2 rings (SSSR count). The highest BCUT2D eigenvalue weighted by Crippen LogP contribution is 2.24. The Balaban J connectivity index is 1.98. The number of ketones is 1. The zero-order chi connectivity index (χ0) is 18.0. The monoisotopic (exact) mass is 322 g/mol. The van der Waals surface area contributed by atoms with Crippen molar-refractivity contribution in [3.8, 4) is 0 Å². The molecule has 0 fully saturated rings. The molecule has 0 aromatic heterocycles. The van der Waals surface area contributed by atoms with Crippen LogP contribution in [-0.4, -0.2) is 5.78 Å². The zero-order valence-electron chi connectivity index (χ0n) is 15.9. The van der Waals surface area contributed by atoms with Crippen molar-refractivity contribution in [3.05, 3.63) is 70.8 Å². The molecule has 2 aromatic rings. The molecular weight excluding hydrogens is 292 g/mol. The van der Waals surface area contributed by atoms with Crippen molar-refractivity contribution >= 4 is 5.78 Å². The predicted molar refractivity (Wildman–Crippen MR) is 103 cm³/mol. The molecule has 0 aliphatic carbocycles. The fraction of sp³-hybridized carbons (Fsp3) is 0.435. The SMILES string of the molecule is CC(C)(C)c1ccc(CCC(=O)c2ccc(C(C)(C)C)cc2)cc1. The second-order valence-corrected chi connectivity index (χ2v) is 8.70. The highest BCUT2D eigenvalue weighted by Gasteiger charge is 2.15. The summed E-state index contributed by atoms with van der Waals surface area (Å²) < 4.78 is 0. The van der Waals surface area contributed by atoms with Gasteiger partial charge in [0.2, 0.25) is 0 Å². The molecule has 24 heavy (non-hydrogen) atoms. The molecule has 0 atom stereocenters. The van der Waals surface area contributed by atoms with Crippen molar-refractivity contribution < 1.29 is 4.79 Å². The number of carbonyl (C=O) groups is 1. The van der Waals surface area contributed by atoms with Crippen molar-refractivity contribution in [2.45, 2.75) is 65.2 Å². The van der Waals surface area contributed by atoms with Crippen LogP contribution in [0, 0.1) is 0 Å². The molecule has 0 aliphatic rings. The maximum absolute atomic E-state index is 12.4. The summed E-state index contributed by atoms with van der Waals surface area (Å²) in [6.45, 7) is 13.2. The zero-order valence-corrected chi connectivity index (χ0v) is 15.9. The second kappa shape index (κ2) is 6.93. The Morgan fingerprint density at radius 1 is 0.708 bits per heavy atom. The van der Waals surface area contributed by atoms with Gasteiger partial charge in [0.1, 0.15) is 0 Å². The highest BCUT2D eigenvalue weighted by molar-refractivity contribution is 5.96. The van der Waals surface area contributed by atoms with Crippen molar-refractivity contribution in [3.63, 3.8) is 0 Å². The molecule has 0 unspecified atom stereocenters. The molecule has 0 spiro atoms. The van der Waals surface area contributed by atoms with E-state index in [1.54, 1.807) is 0 Å². The summed E-state index contributed by atoms with van der Waals surface area (Å²) in [6, 6.07) is 16.7. The van der Waals surface area contributed by atoms with Crippen LogP contribution >= 0.6 is 0 Å². The van der Waals surface area contributed by atoms with E-state index < -0.39 is 0 Å². The lowest BCUT2D eigenvalue weighted by atomic mass is 9.86. The molecule has 1 heteroatoms. The van der Waals surface area contributed by atoms with Crippen LogP contribution in [0.3, 0.4) is 0 Å². The number of hydrogen-bond donors (Lipinski definition) is 0. The summed E-state index contributed by atoms with van der Waals surface area (Å²) in [5.74, 6) is 0.218. The normalized spacial score (nSPS) is 12.2. The Morgan fingerprint density at radius 2 is 1.12 bits per heavy atom. The minimum absolute atomic E-state index is 0.121. The van der Waals surface area contributed by atoms with E-state index in [0.29, 0.717) is 6.42 Å². The minimum Gasteiger partial charge on any atom is -0.294 e. The lowest BCUT2D eigenvalue weighted by Gasteiger charge is -2.19. The summed E-state index contributed by atoms with van der Waals surface area (Å²) >= 11 is 0. The second-order valence-electron chi connectivity index (χ2n) is 8.70. The first-order valence-electron chi connectivity index (χ1n) is 8.80. The van der Waals surface area contributed by atoms with Crippen LogP contribution in [0.2, 0.25) is 0 Å². The third-order valence-electron chi connectivity index (χ3n) is 4.53. The third-order valence-corrected chi connectivity index (χ3v) is 4.53. The lowest BCUT2D eigenvalue weighted by molar-refractivity contribution is 0.0983. The van der Waals surface area contributed by atoms with E-state index in [2.05, 4.69) is 77.9 Å². The van der Waals surface area contributed by atoms with Gasteiger partial charge >= 0.3 is 0 Å². The van der Waals surface area contributed by atoms with Gasteiger partial charge in [0.05, 0.1) is 0 Å². The molecule has 0 N–H and O–H groups in total. The van der Waals surface area contributed by atoms with Gasteiger partial charge < -0.3 is 0 Å².